The number of carbonyl (C=O) groups excluding carboxylic acids is 5. The van der Waals surface area contributed by atoms with Gasteiger partial charge in [0, 0.05) is 6.42 Å². The van der Waals surface area contributed by atoms with Crippen LogP contribution in [0.3, 0.4) is 0 Å². The molecule has 0 aliphatic carbocycles. The number of rotatable bonds is 2. The summed E-state index contributed by atoms with van der Waals surface area (Å²) in [6.45, 7) is 0. The predicted octanol–water partition coefficient (Wildman–Crippen LogP) is -0.811. The summed E-state index contributed by atoms with van der Waals surface area (Å²) in [4.78, 5) is 58.2. The Hall–Kier alpha value is -3.03. The number of hydrogen-bond acceptors (Lipinski definition) is 5. The molecular weight excluding hydrogens is 290 g/mol. The molecule has 5 amide bonds. The zero-order valence-electron chi connectivity index (χ0n) is 11.3. The van der Waals surface area contributed by atoms with Crippen LogP contribution in [0, 0.1) is 0 Å². The van der Waals surface area contributed by atoms with Crippen molar-refractivity contribution >= 4 is 29.5 Å². The zero-order valence-corrected chi connectivity index (χ0v) is 11.3. The number of nitrogens with two attached hydrogens (primary N) is 1. The highest BCUT2D eigenvalue weighted by Gasteiger charge is 2.35. The van der Waals surface area contributed by atoms with Gasteiger partial charge >= 0.3 is 0 Å². The van der Waals surface area contributed by atoms with Gasteiger partial charge in [-0.25, -0.2) is 0 Å². The van der Waals surface area contributed by atoms with Crippen LogP contribution in [0.1, 0.15) is 55.4 Å². The molecule has 8 heteroatoms. The smallest absolute Gasteiger partial charge is 0.259 e. The lowest BCUT2D eigenvalue weighted by Gasteiger charge is -2.22. The number of fused-ring (bicyclic) bond motifs is 1. The summed E-state index contributed by atoms with van der Waals surface area (Å²) in [7, 11) is 0. The molecule has 2 heterocycles. The summed E-state index contributed by atoms with van der Waals surface area (Å²) in [5, 5.41) is 4.29. The molecule has 1 saturated heterocycles. The van der Waals surface area contributed by atoms with Crippen LogP contribution in [-0.4, -0.2) is 29.5 Å². The first-order valence-electron chi connectivity index (χ1n) is 6.55. The molecular formula is C14H11N3O5. The van der Waals surface area contributed by atoms with Gasteiger partial charge < -0.3 is 5.73 Å². The van der Waals surface area contributed by atoms with E-state index in [1.807, 2.05) is 0 Å². The summed E-state index contributed by atoms with van der Waals surface area (Å²) in [5.41, 5.74) is 5.47. The summed E-state index contributed by atoms with van der Waals surface area (Å²) in [6, 6.07) is 2.72. The maximum absolute atomic E-state index is 11.9. The second-order valence-electron chi connectivity index (χ2n) is 5.14. The summed E-state index contributed by atoms with van der Waals surface area (Å²) in [5.74, 6) is -3.75. The standard InChI is InChI=1S/C14H11N3O5/c15-11(19)7-3-5(6-1-2-9(18)16-12(6)20)4-8-10(7)14(22)17-13(8)21/h3-4,6H,1-2H2,(H2,15,19)(H,16,18,20)(H,17,21,22). The maximum atomic E-state index is 11.9. The first kappa shape index (κ1) is 13.9. The summed E-state index contributed by atoms with van der Waals surface area (Å²) < 4.78 is 0. The van der Waals surface area contributed by atoms with Gasteiger partial charge in [0.1, 0.15) is 0 Å². The summed E-state index contributed by atoms with van der Waals surface area (Å²) in [6.07, 6.45) is 0.418. The quantitative estimate of drug-likeness (QED) is 0.614. The van der Waals surface area contributed by atoms with Gasteiger partial charge in [-0.15, -0.1) is 0 Å². The van der Waals surface area contributed by atoms with Crippen LogP contribution in [0.15, 0.2) is 12.1 Å². The van der Waals surface area contributed by atoms with Crippen LogP contribution >= 0.6 is 0 Å². The second kappa shape index (κ2) is 4.76. The minimum Gasteiger partial charge on any atom is -0.366 e. The Morgan fingerprint density at radius 1 is 1.09 bits per heavy atom. The van der Waals surface area contributed by atoms with Gasteiger partial charge in [0.15, 0.2) is 0 Å². The fourth-order valence-corrected chi connectivity index (χ4v) is 2.73. The average molecular weight is 301 g/mol. The molecule has 1 aromatic carbocycles. The monoisotopic (exact) mass is 301 g/mol. The predicted molar refractivity (Wildman–Crippen MR) is 71.9 cm³/mol. The Kier molecular flexibility index (Phi) is 3.01. The topological polar surface area (TPSA) is 135 Å². The first-order chi connectivity index (χ1) is 10.4. The van der Waals surface area contributed by atoms with E-state index < -0.39 is 29.5 Å². The van der Waals surface area contributed by atoms with Gasteiger partial charge in [-0.1, -0.05) is 0 Å². The van der Waals surface area contributed by atoms with Crippen LogP contribution < -0.4 is 16.4 Å². The number of piperidine rings is 1. The van der Waals surface area contributed by atoms with Crippen LogP contribution in [0.25, 0.3) is 0 Å². The fraction of sp³-hybridized carbons (Fsp3) is 0.214. The third-order valence-corrected chi connectivity index (χ3v) is 3.77. The highest BCUT2D eigenvalue weighted by Crippen LogP contribution is 2.30. The molecule has 0 aromatic heterocycles. The van der Waals surface area contributed by atoms with Crippen molar-refractivity contribution in [2.45, 2.75) is 18.8 Å². The van der Waals surface area contributed by atoms with E-state index in [0.29, 0.717) is 5.56 Å². The van der Waals surface area contributed by atoms with Crippen LogP contribution in [-0.2, 0) is 9.59 Å². The van der Waals surface area contributed by atoms with Crippen molar-refractivity contribution in [2.24, 2.45) is 5.73 Å². The summed E-state index contributed by atoms with van der Waals surface area (Å²) >= 11 is 0. The maximum Gasteiger partial charge on any atom is 0.259 e. The largest absolute Gasteiger partial charge is 0.366 e. The normalized spacial score (nSPS) is 20.5. The Bertz CT molecular complexity index is 768. The molecule has 0 spiro atoms. The van der Waals surface area contributed by atoms with Crippen LogP contribution in [0.5, 0.6) is 0 Å². The van der Waals surface area contributed by atoms with Gasteiger partial charge in [0.05, 0.1) is 22.6 Å². The highest BCUT2D eigenvalue weighted by molar-refractivity contribution is 6.25. The SMILES string of the molecule is NC(=O)c1cc(C2CCC(=O)NC2=O)cc2c1C(=O)NC2=O. The molecule has 4 N–H and O–H groups in total. The van der Waals surface area contributed by atoms with E-state index in [1.165, 1.54) is 12.1 Å². The van der Waals surface area contributed by atoms with E-state index in [0.717, 1.165) is 0 Å². The van der Waals surface area contributed by atoms with Crippen LogP contribution in [0.2, 0.25) is 0 Å². The van der Waals surface area contributed by atoms with Crippen molar-refractivity contribution in [1.82, 2.24) is 10.6 Å². The molecule has 0 saturated carbocycles. The van der Waals surface area contributed by atoms with Crippen molar-refractivity contribution in [3.63, 3.8) is 0 Å². The number of carbonyl (C=O) groups is 5. The molecule has 22 heavy (non-hydrogen) atoms. The Morgan fingerprint density at radius 2 is 1.82 bits per heavy atom. The molecule has 1 aromatic rings. The molecule has 1 fully saturated rings. The lowest BCUT2D eigenvalue weighted by Crippen LogP contribution is -2.39. The van der Waals surface area contributed by atoms with Crippen molar-refractivity contribution in [3.8, 4) is 0 Å². The molecule has 0 bridgehead atoms. The lowest BCUT2D eigenvalue weighted by atomic mass is 9.86. The Morgan fingerprint density at radius 3 is 2.45 bits per heavy atom. The number of primary amides is 1. The van der Waals surface area contributed by atoms with Crippen molar-refractivity contribution in [2.75, 3.05) is 0 Å². The molecule has 0 radical (unpaired) electrons. The Balaban J connectivity index is 2.13. The molecule has 1 atom stereocenters. The van der Waals surface area contributed by atoms with Crippen molar-refractivity contribution in [3.05, 3.63) is 34.4 Å². The van der Waals surface area contributed by atoms with E-state index in [1.54, 1.807) is 0 Å². The van der Waals surface area contributed by atoms with E-state index in [-0.39, 0.29) is 35.4 Å². The van der Waals surface area contributed by atoms with E-state index in [2.05, 4.69) is 10.6 Å². The number of imide groups is 2. The number of nitrogens with one attached hydrogen (secondary N) is 2. The molecule has 2 aliphatic heterocycles. The average Bonchev–Trinajstić information content (AvgIpc) is 2.73. The number of benzene rings is 1. The van der Waals surface area contributed by atoms with E-state index >= 15 is 0 Å². The van der Waals surface area contributed by atoms with Crippen molar-refractivity contribution < 1.29 is 24.0 Å². The molecule has 2 aliphatic rings. The van der Waals surface area contributed by atoms with Crippen LogP contribution in [0.4, 0.5) is 0 Å². The molecule has 1 unspecified atom stereocenters. The van der Waals surface area contributed by atoms with Gasteiger partial charge in [-0.2, -0.15) is 0 Å². The zero-order chi connectivity index (χ0) is 16.0. The third kappa shape index (κ3) is 2.05. The molecule has 3 rings (SSSR count). The molecule has 112 valence electrons. The first-order valence-corrected chi connectivity index (χ1v) is 6.55. The highest BCUT2D eigenvalue weighted by atomic mass is 16.2. The fourth-order valence-electron chi connectivity index (χ4n) is 2.73. The minimum absolute atomic E-state index is 0.0148. The van der Waals surface area contributed by atoms with Gasteiger partial charge in [0.2, 0.25) is 17.7 Å². The minimum atomic E-state index is -0.866. The number of hydrogen-bond donors (Lipinski definition) is 3. The van der Waals surface area contributed by atoms with E-state index in [9.17, 15) is 24.0 Å². The Labute approximate surface area is 124 Å². The van der Waals surface area contributed by atoms with Gasteiger partial charge in [0.25, 0.3) is 11.8 Å². The van der Waals surface area contributed by atoms with Gasteiger partial charge in [-0.05, 0) is 24.1 Å². The van der Waals surface area contributed by atoms with Crippen molar-refractivity contribution in [1.29, 1.82) is 0 Å². The second-order valence-corrected chi connectivity index (χ2v) is 5.14. The van der Waals surface area contributed by atoms with E-state index in [4.69, 9.17) is 5.73 Å². The number of amides is 5. The van der Waals surface area contributed by atoms with Gasteiger partial charge in [-0.3, -0.25) is 34.6 Å². The molecule has 8 nitrogen and oxygen atoms in total. The lowest BCUT2D eigenvalue weighted by molar-refractivity contribution is -0.134. The third-order valence-electron chi connectivity index (χ3n) is 3.77.